The Hall–Kier alpha value is -3.13. The molecule has 3 aromatic rings. The quantitative estimate of drug-likeness (QED) is 0.594. The van der Waals surface area contributed by atoms with Crippen LogP contribution in [0.2, 0.25) is 5.02 Å². The van der Waals surface area contributed by atoms with Gasteiger partial charge in [-0.2, -0.15) is 0 Å². The number of nitrogens with zero attached hydrogens (tertiary/aromatic N) is 3. The average molecular weight is 470 g/mol. The van der Waals surface area contributed by atoms with Gasteiger partial charge in [0.25, 0.3) is 11.8 Å². The molecule has 33 heavy (non-hydrogen) atoms. The number of imidazole rings is 1. The van der Waals surface area contributed by atoms with E-state index in [-0.39, 0.29) is 29.6 Å². The number of pyridine rings is 1. The summed E-state index contributed by atoms with van der Waals surface area (Å²) in [7, 11) is 0. The van der Waals surface area contributed by atoms with Crippen LogP contribution in [0.25, 0.3) is 11.0 Å². The van der Waals surface area contributed by atoms with Gasteiger partial charge in [0.2, 0.25) is 5.43 Å². The molecule has 0 bridgehead atoms. The molecule has 3 heterocycles. The summed E-state index contributed by atoms with van der Waals surface area (Å²) in [5.41, 5.74) is 0.916. The van der Waals surface area contributed by atoms with Gasteiger partial charge in [-0.3, -0.25) is 14.4 Å². The Bertz CT molecular complexity index is 1250. The number of hydrogen-bond donors (Lipinski definition) is 2. The first-order chi connectivity index (χ1) is 15.7. The molecule has 1 aliphatic rings. The molecule has 2 amide bonds. The highest BCUT2D eigenvalue weighted by Crippen LogP contribution is 2.19. The van der Waals surface area contributed by atoms with Crippen LogP contribution in [0.3, 0.4) is 0 Å². The Kier molecular flexibility index (Phi) is 6.56. The highest BCUT2D eigenvalue weighted by molar-refractivity contribution is 6.31. The minimum absolute atomic E-state index is 0.0230. The largest absolute Gasteiger partial charge is 0.350 e. The van der Waals surface area contributed by atoms with E-state index < -0.39 is 11.3 Å². The molecule has 0 unspecified atom stereocenters. The Morgan fingerprint density at radius 3 is 2.61 bits per heavy atom. The molecular formula is C24H28ClN5O3. The number of aromatic amines is 1. The van der Waals surface area contributed by atoms with Gasteiger partial charge in [-0.15, -0.1) is 0 Å². The second-order valence-electron chi connectivity index (χ2n) is 8.96. The van der Waals surface area contributed by atoms with Crippen molar-refractivity contribution in [1.82, 2.24) is 24.8 Å². The molecule has 174 valence electrons. The molecule has 1 aromatic carbocycles. The molecule has 2 aromatic heterocycles. The number of H-pyrrole nitrogens is 1. The summed E-state index contributed by atoms with van der Waals surface area (Å²) in [5.74, 6) is 0.243. The lowest BCUT2D eigenvalue weighted by atomic mass is 9.98. The van der Waals surface area contributed by atoms with Crippen LogP contribution in [0.1, 0.15) is 66.2 Å². The van der Waals surface area contributed by atoms with Gasteiger partial charge in [0.1, 0.15) is 17.0 Å². The zero-order chi connectivity index (χ0) is 23.7. The molecular weight excluding hydrogens is 442 g/mol. The van der Waals surface area contributed by atoms with E-state index in [4.69, 9.17) is 11.6 Å². The van der Waals surface area contributed by atoms with Crippen molar-refractivity contribution in [3.8, 4) is 0 Å². The maximum atomic E-state index is 13.2. The first kappa shape index (κ1) is 23.0. The van der Waals surface area contributed by atoms with Crippen LogP contribution in [-0.4, -0.2) is 44.3 Å². The van der Waals surface area contributed by atoms with E-state index in [0.717, 1.165) is 23.9 Å². The molecule has 0 radical (unpaired) electrons. The van der Waals surface area contributed by atoms with Crippen LogP contribution < -0.4 is 10.7 Å². The van der Waals surface area contributed by atoms with Crippen molar-refractivity contribution < 1.29 is 9.59 Å². The molecule has 1 saturated heterocycles. The number of carbonyl (C=O) groups excluding carboxylic acids is 2. The molecule has 1 aliphatic heterocycles. The number of rotatable bonds is 5. The number of nitrogens with one attached hydrogen (secondary N) is 2. The van der Waals surface area contributed by atoms with E-state index in [9.17, 15) is 14.4 Å². The van der Waals surface area contributed by atoms with Crippen LogP contribution in [0.4, 0.5) is 0 Å². The predicted molar refractivity (Wildman–Crippen MR) is 128 cm³/mol. The van der Waals surface area contributed by atoms with Gasteiger partial charge in [-0.1, -0.05) is 18.5 Å². The Balaban J connectivity index is 1.58. The predicted octanol–water partition coefficient (Wildman–Crippen LogP) is 3.76. The van der Waals surface area contributed by atoms with Crippen molar-refractivity contribution in [2.75, 3.05) is 13.1 Å². The molecule has 0 spiro atoms. The Labute approximate surface area is 196 Å². The van der Waals surface area contributed by atoms with Crippen molar-refractivity contribution in [2.45, 2.75) is 46.2 Å². The molecule has 1 fully saturated rings. The third-order valence-electron chi connectivity index (χ3n) is 6.10. The van der Waals surface area contributed by atoms with Crippen molar-refractivity contribution in [2.24, 2.45) is 5.92 Å². The normalized spacial score (nSPS) is 14.8. The monoisotopic (exact) mass is 469 g/mol. The third-order valence-corrected chi connectivity index (χ3v) is 6.33. The van der Waals surface area contributed by atoms with Crippen LogP contribution in [-0.2, 0) is 6.54 Å². The maximum Gasteiger partial charge on any atom is 0.259 e. The summed E-state index contributed by atoms with van der Waals surface area (Å²) < 4.78 is 1.74. The maximum absolute atomic E-state index is 13.2. The summed E-state index contributed by atoms with van der Waals surface area (Å²) in [5, 5.41) is 3.33. The Morgan fingerprint density at radius 1 is 1.21 bits per heavy atom. The summed E-state index contributed by atoms with van der Waals surface area (Å²) in [6.07, 6.45) is 4.89. The van der Waals surface area contributed by atoms with Crippen molar-refractivity contribution in [3.05, 3.63) is 62.8 Å². The van der Waals surface area contributed by atoms with Gasteiger partial charge in [-0.25, -0.2) is 4.98 Å². The van der Waals surface area contributed by atoms with Crippen molar-refractivity contribution in [1.29, 1.82) is 0 Å². The van der Waals surface area contributed by atoms with Crippen molar-refractivity contribution in [3.63, 3.8) is 0 Å². The fourth-order valence-corrected chi connectivity index (χ4v) is 4.14. The van der Waals surface area contributed by atoms with E-state index in [1.165, 1.54) is 6.20 Å². The average Bonchev–Trinajstić information content (AvgIpc) is 3.19. The van der Waals surface area contributed by atoms with Gasteiger partial charge in [0, 0.05) is 36.5 Å². The SMILES string of the molecule is CC1CCN(C(=O)c2cn(C(C)C)cc(C(=O)NCc3nc4ccc(Cl)cc4[nH]3)c2=O)CC1. The first-order valence-corrected chi connectivity index (χ1v) is 11.6. The first-order valence-electron chi connectivity index (χ1n) is 11.2. The summed E-state index contributed by atoms with van der Waals surface area (Å²) in [4.78, 5) is 48.5. The lowest BCUT2D eigenvalue weighted by Crippen LogP contribution is -2.41. The smallest absolute Gasteiger partial charge is 0.259 e. The van der Waals surface area contributed by atoms with Gasteiger partial charge >= 0.3 is 0 Å². The topological polar surface area (TPSA) is 100 Å². The minimum Gasteiger partial charge on any atom is -0.350 e. The number of amides is 2. The van der Waals surface area contributed by atoms with E-state index in [2.05, 4.69) is 22.2 Å². The summed E-state index contributed by atoms with van der Waals surface area (Å²) in [6.45, 7) is 7.37. The van der Waals surface area contributed by atoms with Crippen LogP contribution in [0.5, 0.6) is 0 Å². The fourth-order valence-electron chi connectivity index (χ4n) is 3.97. The summed E-state index contributed by atoms with van der Waals surface area (Å²) >= 11 is 6.01. The number of halogens is 1. The van der Waals surface area contributed by atoms with E-state index in [1.807, 2.05) is 13.8 Å². The zero-order valence-corrected chi connectivity index (χ0v) is 19.8. The summed E-state index contributed by atoms with van der Waals surface area (Å²) in [6, 6.07) is 5.27. The number of hydrogen-bond acceptors (Lipinski definition) is 4. The number of fused-ring (bicyclic) bond motifs is 1. The highest BCUT2D eigenvalue weighted by atomic mass is 35.5. The highest BCUT2D eigenvalue weighted by Gasteiger charge is 2.26. The molecule has 9 heteroatoms. The van der Waals surface area contributed by atoms with Crippen LogP contribution in [0.15, 0.2) is 35.4 Å². The number of carbonyl (C=O) groups is 2. The van der Waals surface area contributed by atoms with E-state index in [1.54, 1.807) is 33.9 Å². The molecule has 0 aliphatic carbocycles. The lowest BCUT2D eigenvalue weighted by molar-refractivity contribution is 0.0695. The number of aromatic nitrogens is 3. The van der Waals surface area contributed by atoms with Crippen LogP contribution in [0, 0.1) is 5.92 Å². The minimum atomic E-state index is -0.551. The number of benzene rings is 1. The Morgan fingerprint density at radius 2 is 1.91 bits per heavy atom. The van der Waals surface area contributed by atoms with Gasteiger partial charge < -0.3 is 19.8 Å². The molecule has 8 nitrogen and oxygen atoms in total. The molecule has 0 atom stereocenters. The lowest BCUT2D eigenvalue weighted by Gasteiger charge is -2.30. The van der Waals surface area contributed by atoms with Gasteiger partial charge in [0.15, 0.2) is 0 Å². The van der Waals surface area contributed by atoms with Crippen molar-refractivity contribution >= 4 is 34.4 Å². The molecule has 0 saturated carbocycles. The fraction of sp³-hybridized carbons (Fsp3) is 0.417. The van der Waals surface area contributed by atoms with Gasteiger partial charge in [-0.05, 0) is 50.8 Å². The molecule has 2 N–H and O–H groups in total. The second kappa shape index (κ2) is 9.39. The zero-order valence-electron chi connectivity index (χ0n) is 19.0. The number of piperidine rings is 1. The van der Waals surface area contributed by atoms with Crippen LogP contribution >= 0.6 is 11.6 Å². The van der Waals surface area contributed by atoms with E-state index in [0.29, 0.717) is 29.9 Å². The molecule has 4 rings (SSSR count). The standard InChI is InChI=1S/C24H28ClN5O3/c1-14(2)30-12-17(22(31)18(13-30)24(33)29-8-6-15(3)7-9-29)23(32)26-11-21-27-19-5-4-16(25)10-20(19)28-21/h4-5,10,12-15H,6-9,11H2,1-3H3,(H,26,32)(H,27,28). The number of likely N-dealkylation sites (tertiary alicyclic amines) is 1. The van der Waals surface area contributed by atoms with E-state index >= 15 is 0 Å². The third kappa shape index (κ3) is 4.95. The second-order valence-corrected chi connectivity index (χ2v) is 9.39. The van der Waals surface area contributed by atoms with Gasteiger partial charge in [0.05, 0.1) is 17.6 Å².